The quantitative estimate of drug-likeness (QED) is 0.775. The highest BCUT2D eigenvalue weighted by Gasteiger charge is 2.11. The van der Waals surface area contributed by atoms with Crippen LogP contribution in [0, 0.1) is 6.92 Å². The number of aromatic nitrogens is 1. The van der Waals surface area contributed by atoms with Crippen LogP contribution in [0.25, 0.3) is 11.3 Å². The average molecular weight is 324 g/mol. The minimum atomic E-state index is -0.197. The summed E-state index contributed by atoms with van der Waals surface area (Å²) in [6.45, 7) is 1.94. The van der Waals surface area contributed by atoms with Gasteiger partial charge in [0, 0.05) is 16.5 Å². The molecule has 1 amide bonds. The molecule has 0 saturated carbocycles. The zero-order valence-electron chi connectivity index (χ0n) is 12.9. The molecule has 23 heavy (non-hydrogen) atoms. The zero-order chi connectivity index (χ0) is 16.2. The number of nitrogens with one attached hydrogen (secondary N) is 1. The van der Waals surface area contributed by atoms with Crippen LogP contribution in [0.15, 0.2) is 53.9 Å². The minimum Gasteiger partial charge on any atom is -0.496 e. The minimum absolute atomic E-state index is 0.197. The Balaban J connectivity index is 1.77. The summed E-state index contributed by atoms with van der Waals surface area (Å²) in [5.41, 5.74) is 3.42. The Morgan fingerprint density at radius 3 is 2.70 bits per heavy atom. The van der Waals surface area contributed by atoms with Crippen LogP contribution in [0.4, 0.5) is 5.13 Å². The molecule has 0 unspecified atom stereocenters. The summed E-state index contributed by atoms with van der Waals surface area (Å²) in [7, 11) is 1.59. The predicted octanol–water partition coefficient (Wildman–Crippen LogP) is 4.38. The lowest BCUT2D eigenvalue weighted by Gasteiger charge is -2.07. The molecule has 0 aliphatic rings. The number of aryl methyl sites for hydroxylation is 1. The van der Waals surface area contributed by atoms with Crippen molar-refractivity contribution in [2.75, 3.05) is 12.4 Å². The first kappa shape index (κ1) is 15.2. The van der Waals surface area contributed by atoms with E-state index in [-0.39, 0.29) is 5.91 Å². The second kappa shape index (κ2) is 6.62. The molecule has 0 saturated heterocycles. The number of carbonyl (C=O) groups excluding carboxylic acids is 1. The van der Waals surface area contributed by atoms with Crippen molar-refractivity contribution < 1.29 is 9.53 Å². The van der Waals surface area contributed by atoms with Gasteiger partial charge in [0.2, 0.25) is 0 Å². The first-order valence-electron chi connectivity index (χ1n) is 7.14. The van der Waals surface area contributed by atoms with Gasteiger partial charge in [0.25, 0.3) is 5.91 Å². The number of thiazole rings is 1. The van der Waals surface area contributed by atoms with Crippen LogP contribution in [-0.2, 0) is 0 Å². The van der Waals surface area contributed by atoms with Crippen molar-refractivity contribution in [1.29, 1.82) is 0 Å². The number of nitrogens with zero attached hydrogens (tertiary/aromatic N) is 1. The smallest absolute Gasteiger partial charge is 0.257 e. The van der Waals surface area contributed by atoms with Crippen molar-refractivity contribution in [1.82, 2.24) is 4.98 Å². The largest absolute Gasteiger partial charge is 0.496 e. The van der Waals surface area contributed by atoms with E-state index in [2.05, 4.69) is 10.3 Å². The van der Waals surface area contributed by atoms with Crippen LogP contribution in [0.5, 0.6) is 5.75 Å². The van der Waals surface area contributed by atoms with Gasteiger partial charge in [-0.15, -0.1) is 11.3 Å². The fourth-order valence-corrected chi connectivity index (χ4v) is 2.92. The molecule has 5 heteroatoms. The third-order valence-electron chi connectivity index (χ3n) is 3.46. The maximum absolute atomic E-state index is 12.3. The van der Waals surface area contributed by atoms with E-state index >= 15 is 0 Å². The molecule has 3 aromatic rings. The van der Waals surface area contributed by atoms with Gasteiger partial charge in [-0.25, -0.2) is 4.98 Å². The van der Waals surface area contributed by atoms with Crippen LogP contribution < -0.4 is 10.1 Å². The average Bonchev–Trinajstić information content (AvgIpc) is 3.04. The maximum Gasteiger partial charge on any atom is 0.257 e. The number of hydrogen-bond donors (Lipinski definition) is 1. The Bertz CT molecular complexity index is 828. The Hall–Kier alpha value is -2.66. The second-order valence-corrected chi connectivity index (χ2v) is 5.90. The fourth-order valence-electron chi connectivity index (χ4n) is 2.20. The molecule has 0 fully saturated rings. The summed E-state index contributed by atoms with van der Waals surface area (Å²) in [5.74, 6) is 0.499. The van der Waals surface area contributed by atoms with Crippen LogP contribution >= 0.6 is 11.3 Å². The highest BCUT2D eigenvalue weighted by Crippen LogP contribution is 2.25. The Labute approximate surface area is 138 Å². The lowest BCUT2D eigenvalue weighted by atomic mass is 10.1. The molecule has 0 bridgehead atoms. The summed E-state index contributed by atoms with van der Waals surface area (Å²) in [6.07, 6.45) is 0. The fraction of sp³-hybridized carbons (Fsp3) is 0.111. The van der Waals surface area contributed by atoms with Crippen molar-refractivity contribution >= 4 is 22.4 Å². The van der Waals surface area contributed by atoms with E-state index in [4.69, 9.17) is 4.74 Å². The molecule has 0 atom stereocenters. The lowest BCUT2D eigenvalue weighted by molar-refractivity contribution is 0.102. The van der Waals surface area contributed by atoms with E-state index in [1.165, 1.54) is 11.3 Å². The SMILES string of the molecule is COc1cc(C(=O)Nc2nc(-c3ccccc3)cs2)ccc1C. The van der Waals surface area contributed by atoms with Gasteiger partial charge in [0.1, 0.15) is 5.75 Å². The molecular formula is C18H16N2O2S. The normalized spacial score (nSPS) is 10.3. The van der Waals surface area contributed by atoms with Crippen LogP contribution in [0.3, 0.4) is 0 Å². The summed E-state index contributed by atoms with van der Waals surface area (Å²) in [5, 5.41) is 5.34. The first-order valence-corrected chi connectivity index (χ1v) is 8.02. The van der Waals surface area contributed by atoms with E-state index in [1.807, 2.05) is 48.7 Å². The zero-order valence-corrected chi connectivity index (χ0v) is 13.7. The Morgan fingerprint density at radius 2 is 1.96 bits per heavy atom. The van der Waals surface area contributed by atoms with Gasteiger partial charge in [0.05, 0.1) is 12.8 Å². The molecule has 3 rings (SSSR count). The van der Waals surface area contributed by atoms with E-state index in [0.29, 0.717) is 16.4 Å². The van der Waals surface area contributed by atoms with Crippen molar-refractivity contribution in [3.63, 3.8) is 0 Å². The number of benzene rings is 2. The van der Waals surface area contributed by atoms with E-state index in [9.17, 15) is 4.79 Å². The molecule has 1 aromatic heterocycles. The third kappa shape index (κ3) is 3.40. The predicted molar refractivity (Wildman–Crippen MR) is 93.2 cm³/mol. The summed E-state index contributed by atoms with van der Waals surface area (Å²) in [4.78, 5) is 16.8. The Kier molecular flexibility index (Phi) is 4.39. The molecule has 0 radical (unpaired) electrons. The van der Waals surface area contributed by atoms with E-state index in [0.717, 1.165) is 16.8 Å². The summed E-state index contributed by atoms with van der Waals surface area (Å²) in [6, 6.07) is 15.2. The molecular weight excluding hydrogens is 308 g/mol. The summed E-state index contributed by atoms with van der Waals surface area (Å²) >= 11 is 1.41. The second-order valence-electron chi connectivity index (χ2n) is 5.04. The molecule has 0 aliphatic carbocycles. The van der Waals surface area contributed by atoms with E-state index in [1.54, 1.807) is 19.2 Å². The van der Waals surface area contributed by atoms with E-state index < -0.39 is 0 Å². The standard InChI is InChI=1S/C18H16N2O2S/c1-12-8-9-14(10-16(12)22-2)17(21)20-18-19-15(11-23-18)13-6-4-3-5-7-13/h3-11H,1-2H3,(H,19,20,21). The Morgan fingerprint density at radius 1 is 1.17 bits per heavy atom. The van der Waals surface area contributed by atoms with Gasteiger partial charge in [-0.3, -0.25) is 10.1 Å². The number of methoxy groups -OCH3 is 1. The van der Waals surface area contributed by atoms with Crippen molar-refractivity contribution in [2.24, 2.45) is 0 Å². The van der Waals surface area contributed by atoms with Crippen LogP contribution in [-0.4, -0.2) is 18.0 Å². The van der Waals surface area contributed by atoms with Gasteiger partial charge in [-0.2, -0.15) is 0 Å². The number of rotatable bonds is 4. The summed E-state index contributed by atoms with van der Waals surface area (Å²) < 4.78 is 5.25. The molecule has 1 heterocycles. The maximum atomic E-state index is 12.3. The first-order chi connectivity index (χ1) is 11.2. The highest BCUT2D eigenvalue weighted by molar-refractivity contribution is 7.14. The topological polar surface area (TPSA) is 51.2 Å². The van der Waals surface area contributed by atoms with Crippen LogP contribution in [0.1, 0.15) is 15.9 Å². The van der Waals surface area contributed by atoms with Gasteiger partial charge >= 0.3 is 0 Å². The number of anilines is 1. The van der Waals surface area contributed by atoms with Gasteiger partial charge in [0.15, 0.2) is 5.13 Å². The molecule has 0 aliphatic heterocycles. The number of hydrogen-bond acceptors (Lipinski definition) is 4. The van der Waals surface area contributed by atoms with Crippen LogP contribution in [0.2, 0.25) is 0 Å². The molecule has 0 spiro atoms. The third-order valence-corrected chi connectivity index (χ3v) is 4.22. The highest BCUT2D eigenvalue weighted by atomic mass is 32.1. The van der Waals surface area contributed by atoms with Gasteiger partial charge in [-0.1, -0.05) is 36.4 Å². The monoisotopic (exact) mass is 324 g/mol. The van der Waals surface area contributed by atoms with Gasteiger partial charge < -0.3 is 4.74 Å². The van der Waals surface area contributed by atoms with Crippen molar-refractivity contribution in [3.8, 4) is 17.0 Å². The molecule has 2 aromatic carbocycles. The van der Waals surface area contributed by atoms with Crippen molar-refractivity contribution in [3.05, 3.63) is 65.0 Å². The number of carbonyl (C=O) groups is 1. The molecule has 4 nitrogen and oxygen atoms in total. The van der Waals surface area contributed by atoms with Gasteiger partial charge in [-0.05, 0) is 24.6 Å². The molecule has 1 N–H and O–H groups in total. The lowest BCUT2D eigenvalue weighted by Crippen LogP contribution is -2.12. The number of amides is 1. The van der Waals surface area contributed by atoms with Crippen molar-refractivity contribution in [2.45, 2.75) is 6.92 Å². The molecule has 116 valence electrons. The number of ether oxygens (including phenoxy) is 1.